The molecular weight excluding hydrogens is 410 g/mol. The van der Waals surface area contributed by atoms with E-state index in [0.717, 1.165) is 33.7 Å². The lowest BCUT2D eigenvalue weighted by Gasteiger charge is -2.11. The van der Waals surface area contributed by atoms with Gasteiger partial charge in [0.1, 0.15) is 5.82 Å². The van der Waals surface area contributed by atoms with Crippen LogP contribution in [0.1, 0.15) is 10.4 Å². The number of rotatable bonds is 6. The number of hydrogen-bond acceptors (Lipinski definition) is 5. The molecule has 2 heterocycles. The number of para-hydroxylation sites is 2. The lowest BCUT2D eigenvalue weighted by molar-refractivity contribution is 0.102. The second kappa shape index (κ2) is 9.20. The van der Waals surface area contributed by atoms with Gasteiger partial charge in [-0.05, 0) is 48.5 Å². The summed E-state index contributed by atoms with van der Waals surface area (Å²) < 4.78 is 0. The number of amides is 1. The number of carbonyl (C=O) groups is 1. The molecule has 33 heavy (non-hydrogen) atoms. The van der Waals surface area contributed by atoms with Crippen LogP contribution in [0.25, 0.3) is 10.9 Å². The molecule has 3 N–H and O–H groups in total. The Morgan fingerprint density at radius 1 is 0.636 bits per heavy atom. The van der Waals surface area contributed by atoms with E-state index in [9.17, 15) is 4.79 Å². The zero-order valence-electron chi connectivity index (χ0n) is 17.7. The zero-order chi connectivity index (χ0) is 22.5. The standard InChI is InChI=1S/C27H21N5O/c33-27(32-26-18-22(13-15-29-26)30-20-8-2-1-3-9-20)19-7-6-10-21(17-19)31-25-14-16-28-24-12-5-4-11-23(24)25/h1-18H,(H,28,31)(H2,29,30,32,33). The minimum atomic E-state index is -0.234. The van der Waals surface area contributed by atoms with Crippen LogP contribution in [-0.2, 0) is 0 Å². The van der Waals surface area contributed by atoms with E-state index in [-0.39, 0.29) is 5.91 Å². The highest BCUT2D eigenvalue weighted by Gasteiger charge is 2.09. The normalized spacial score (nSPS) is 10.5. The van der Waals surface area contributed by atoms with Gasteiger partial charge in [0.05, 0.1) is 5.52 Å². The van der Waals surface area contributed by atoms with E-state index < -0.39 is 0 Å². The average Bonchev–Trinajstić information content (AvgIpc) is 2.85. The summed E-state index contributed by atoms with van der Waals surface area (Å²) in [5.41, 5.74) is 4.98. The molecule has 0 saturated carbocycles. The lowest BCUT2D eigenvalue weighted by atomic mass is 10.1. The van der Waals surface area contributed by atoms with Gasteiger partial charge < -0.3 is 16.0 Å². The van der Waals surface area contributed by atoms with Gasteiger partial charge in [0, 0.05) is 52.2 Å². The van der Waals surface area contributed by atoms with Crippen LogP contribution >= 0.6 is 0 Å². The topological polar surface area (TPSA) is 78.9 Å². The van der Waals surface area contributed by atoms with Crippen molar-refractivity contribution in [1.82, 2.24) is 9.97 Å². The quantitative estimate of drug-likeness (QED) is 0.291. The maximum Gasteiger partial charge on any atom is 0.256 e. The Bertz CT molecular complexity index is 1410. The summed E-state index contributed by atoms with van der Waals surface area (Å²) in [6, 6.07) is 30.7. The van der Waals surface area contributed by atoms with Crippen molar-refractivity contribution in [2.75, 3.05) is 16.0 Å². The van der Waals surface area contributed by atoms with Crippen LogP contribution in [0.4, 0.5) is 28.6 Å². The van der Waals surface area contributed by atoms with Crippen LogP contribution in [0.2, 0.25) is 0 Å². The van der Waals surface area contributed by atoms with E-state index in [4.69, 9.17) is 0 Å². The number of anilines is 5. The van der Waals surface area contributed by atoms with Gasteiger partial charge in [-0.3, -0.25) is 9.78 Å². The molecule has 0 aliphatic rings. The summed E-state index contributed by atoms with van der Waals surface area (Å²) in [7, 11) is 0. The summed E-state index contributed by atoms with van der Waals surface area (Å²) >= 11 is 0. The molecule has 0 saturated heterocycles. The van der Waals surface area contributed by atoms with Crippen LogP contribution < -0.4 is 16.0 Å². The highest BCUT2D eigenvalue weighted by Crippen LogP contribution is 2.25. The van der Waals surface area contributed by atoms with Gasteiger partial charge >= 0.3 is 0 Å². The highest BCUT2D eigenvalue weighted by atomic mass is 16.1. The van der Waals surface area contributed by atoms with Crippen molar-refractivity contribution in [2.24, 2.45) is 0 Å². The van der Waals surface area contributed by atoms with Gasteiger partial charge in [0.25, 0.3) is 5.91 Å². The summed E-state index contributed by atoms with van der Waals surface area (Å²) in [5, 5.41) is 10.6. The zero-order valence-corrected chi connectivity index (χ0v) is 17.7. The molecule has 0 atom stereocenters. The second-order valence-corrected chi connectivity index (χ2v) is 7.46. The van der Waals surface area contributed by atoms with E-state index >= 15 is 0 Å². The van der Waals surface area contributed by atoms with Crippen molar-refractivity contribution >= 4 is 45.4 Å². The molecule has 160 valence electrons. The first-order valence-corrected chi connectivity index (χ1v) is 10.5. The molecule has 5 aromatic rings. The van der Waals surface area contributed by atoms with Crippen molar-refractivity contribution in [3.05, 3.63) is 115 Å². The van der Waals surface area contributed by atoms with Gasteiger partial charge in [-0.2, -0.15) is 0 Å². The third-order valence-electron chi connectivity index (χ3n) is 5.12. The molecule has 0 spiro atoms. The van der Waals surface area contributed by atoms with Crippen molar-refractivity contribution in [3.8, 4) is 0 Å². The summed E-state index contributed by atoms with van der Waals surface area (Å²) in [5.74, 6) is 0.238. The number of pyridine rings is 2. The van der Waals surface area contributed by atoms with E-state index in [1.165, 1.54) is 0 Å². The summed E-state index contributed by atoms with van der Waals surface area (Å²) in [6.07, 6.45) is 3.43. The maximum atomic E-state index is 12.9. The molecule has 0 radical (unpaired) electrons. The molecule has 0 aliphatic carbocycles. The largest absolute Gasteiger partial charge is 0.355 e. The van der Waals surface area contributed by atoms with Gasteiger partial charge in [-0.1, -0.05) is 42.5 Å². The number of aromatic nitrogens is 2. The van der Waals surface area contributed by atoms with Gasteiger partial charge in [0.2, 0.25) is 0 Å². The molecule has 3 aromatic carbocycles. The Balaban J connectivity index is 1.32. The predicted octanol–water partition coefficient (Wildman–Crippen LogP) is 6.37. The monoisotopic (exact) mass is 431 g/mol. The first-order valence-electron chi connectivity index (χ1n) is 10.5. The number of nitrogens with zero attached hydrogens (tertiary/aromatic N) is 2. The van der Waals surface area contributed by atoms with Gasteiger partial charge in [-0.25, -0.2) is 4.98 Å². The Morgan fingerprint density at radius 2 is 1.39 bits per heavy atom. The van der Waals surface area contributed by atoms with Crippen LogP contribution in [0.5, 0.6) is 0 Å². The van der Waals surface area contributed by atoms with E-state index in [0.29, 0.717) is 11.4 Å². The first kappa shape index (κ1) is 20.2. The summed E-state index contributed by atoms with van der Waals surface area (Å²) in [6.45, 7) is 0. The minimum Gasteiger partial charge on any atom is -0.355 e. The number of carbonyl (C=O) groups excluding carboxylic acids is 1. The van der Waals surface area contributed by atoms with E-state index in [1.54, 1.807) is 24.5 Å². The smallest absolute Gasteiger partial charge is 0.256 e. The highest BCUT2D eigenvalue weighted by molar-refractivity contribution is 6.04. The molecule has 1 amide bonds. The Hall–Kier alpha value is -4.71. The third-order valence-corrected chi connectivity index (χ3v) is 5.12. The van der Waals surface area contributed by atoms with Gasteiger partial charge in [-0.15, -0.1) is 0 Å². The number of nitrogens with one attached hydrogen (secondary N) is 3. The Morgan fingerprint density at radius 3 is 2.30 bits per heavy atom. The molecule has 6 heteroatoms. The van der Waals surface area contributed by atoms with Crippen LogP contribution in [0, 0.1) is 0 Å². The van der Waals surface area contributed by atoms with Gasteiger partial charge in [0.15, 0.2) is 0 Å². The molecule has 0 aliphatic heterocycles. The van der Waals surface area contributed by atoms with E-state index in [2.05, 4.69) is 25.9 Å². The molecule has 2 aromatic heterocycles. The number of fused-ring (bicyclic) bond motifs is 1. The second-order valence-electron chi connectivity index (χ2n) is 7.46. The fourth-order valence-electron chi connectivity index (χ4n) is 3.55. The molecule has 0 unspecified atom stereocenters. The maximum absolute atomic E-state index is 12.9. The first-order chi connectivity index (χ1) is 16.2. The molecule has 5 rings (SSSR count). The fourth-order valence-corrected chi connectivity index (χ4v) is 3.55. The molecular formula is C27H21N5O. The summed E-state index contributed by atoms with van der Waals surface area (Å²) in [4.78, 5) is 21.6. The molecule has 0 fully saturated rings. The van der Waals surface area contributed by atoms with Crippen molar-refractivity contribution < 1.29 is 4.79 Å². The SMILES string of the molecule is O=C(Nc1cc(Nc2ccccc2)ccn1)c1cccc(Nc2ccnc3ccccc23)c1. The molecule has 0 bridgehead atoms. The predicted molar refractivity (Wildman–Crippen MR) is 133 cm³/mol. The van der Waals surface area contributed by atoms with E-state index in [1.807, 2.05) is 84.9 Å². The Kier molecular flexibility index (Phi) is 5.63. The van der Waals surface area contributed by atoms with Crippen LogP contribution in [0.15, 0.2) is 109 Å². The average molecular weight is 431 g/mol. The van der Waals surface area contributed by atoms with Crippen molar-refractivity contribution in [2.45, 2.75) is 0 Å². The lowest BCUT2D eigenvalue weighted by Crippen LogP contribution is -2.13. The Labute approximate surface area is 191 Å². The van der Waals surface area contributed by atoms with Crippen molar-refractivity contribution in [3.63, 3.8) is 0 Å². The van der Waals surface area contributed by atoms with Crippen LogP contribution in [-0.4, -0.2) is 15.9 Å². The van der Waals surface area contributed by atoms with Crippen LogP contribution in [0.3, 0.4) is 0 Å². The third kappa shape index (κ3) is 4.80. The minimum absolute atomic E-state index is 0.234. The van der Waals surface area contributed by atoms with Crippen molar-refractivity contribution in [1.29, 1.82) is 0 Å². The number of benzene rings is 3. The molecule has 6 nitrogen and oxygen atoms in total. The number of hydrogen-bond donors (Lipinski definition) is 3. The fraction of sp³-hybridized carbons (Fsp3) is 0.